The van der Waals surface area contributed by atoms with E-state index in [1.54, 1.807) is 12.1 Å². The summed E-state index contributed by atoms with van der Waals surface area (Å²) < 4.78 is 220. The average molecular weight is 834 g/mol. The van der Waals surface area contributed by atoms with Crippen LogP contribution < -0.4 is 21.9 Å². The number of thiol groups is 1. The lowest BCUT2D eigenvalue weighted by Gasteiger charge is -2.44. The molecule has 0 saturated heterocycles. The maximum atomic E-state index is 15.3. The highest BCUT2D eigenvalue weighted by atomic mass is 32.2. The third-order valence-corrected chi connectivity index (χ3v) is 10.3. The first-order valence-corrected chi connectivity index (χ1v) is 17.4. The normalized spacial score (nSPS) is 11.4. The van der Waals surface area contributed by atoms with Gasteiger partial charge in [-0.3, -0.25) is 0 Å². The molecular formula is C39H22BF15OS. The third kappa shape index (κ3) is 7.54. The van der Waals surface area contributed by atoms with E-state index in [0.717, 1.165) is 29.7 Å². The van der Waals surface area contributed by atoms with Gasteiger partial charge in [0.15, 0.2) is 52.4 Å². The molecule has 0 fully saturated rings. The van der Waals surface area contributed by atoms with Crippen molar-refractivity contribution in [2.75, 3.05) is 0 Å². The number of benzene rings is 6. The SMILES string of the molecule is Cc1ccccc1C[SH+]Cc1ccc(O)cc1.Fc1c(F)c(F)c([B-](c2ccccc2)(c2c(F)c(F)c(F)c(F)c2F)c2c(F)c(F)c(F)c(F)c2F)c(F)c1F. The first kappa shape index (κ1) is 42.6. The molecule has 0 bridgehead atoms. The molecule has 0 amide bonds. The molecule has 0 spiro atoms. The smallest absolute Gasteiger partial charge is 0.200 e. The molecule has 298 valence electrons. The van der Waals surface area contributed by atoms with Gasteiger partial charge >= 0.3 is 0 Å². The summed E-state index contributed by atoms with van der Waals surface area (Å²) in [6.45, 7) is 2.16. The number of halogens is 15. The number of hydrogen-bond acceptors (Lipinski definition) is 1. The second-order valence-corrected chi connectivity index (χ2v) is 13.4. The van der Waals surface area contributed by atoms with Crippen molar-refractivity contribution in [3.8, 4) is 5.75 Å². The Labute approximate surface area is 317 Å². The van der Waals surface area contributed by atoms with Crippen LogP contribution in [0.25, 0.3) is 0 Å². The van der Waals surface area contributed by atoms with E-state index in [-0.39, 0.29) is 0 Å². The summed E-state index contributed by atoms with van der Waals surface area (Å²) in [5, 5.41) is 9.19. The van der Waals surface area contributed by atoms with Gasteiger partial charge in [0.1, 0.15) is 58.3 Å². The van der Waals surface area contributed by atoms with E-state index in [4.69, 9.17) is 0 Å². The number of aromatic hydroxyl groups is 1. The molecule has 0 heterocycles. The van der Waals surface area contributed by atoms with Crippen molar-refractivity contribution in [3.05, 3.63) is 183 Å². The number of rotatable bonds is 8. The highest BCUT2D eigenvalue weighted by Gasteiger charge is 2.48. The molecule has 0 aliphatic carbocycles. The lowest BCUT2D eigenvalue weighted by molar-refractivity contribution is 0.380. The van der Waals surface area contributed by atoms with Crippen molar-refractivity contribution in [1.82, 2.24) is 0 Å². The second kappa shape index (κ2) is 16.9. The topological polar surface area (TPSA) is 20.2 Å². The fourth-order valence-corrected chi connectivity index (χ4v) is 7.55. The minimum Gasteiger partial charge on any atom is -0.508 e. The highest BCUT2D eigenvalue weighted by Crippen LogP contribution is 2.28. The summed E-state index contributed by atoms with van der Waals surface area (Å²) in [6.07, 6.45) is -5.72. The van der Waals surface area contributed by atoms with Gasteiger partial charge in [-0.2, -0.15) is 5.46 Å². The van der Waals surface area contributed by atoms with Gasteiger partial charge in [0.05, 0.1) is 0 Å². The summed E-state index contributed by atoms with van der Waals surface area (Å²) in [4.78, 5) is 0. The van der Waals surface area contributed by atoms with Gasteiger partial charge in [-0.1, -0.05) is 66.7 Å². The predicted octanol–water partition coefficient (Wildman–Crippen LogP) is 8.37. The summed E-state index contributed by atoms with van der Waals surface area (Å²) in [5.74, 6) is -43.0. The predicted molar refractivity (Wildman–Crippen MR) is 185 cm³/mol. The monoisotopic (exact) mass is 834 g/mol. The van der Waals surface area contributed by atoms with Crippen molar-refractivity contribution in [2.24, 2.45) is 0 Å². The molecule has 1 N–H and O–H groups in total. The molecule has 18 heteroatoms. The van der Waals surface area contributed by atoms with Gasteiger partial charge in [-0.15, -0.1) is 16.4 Å². The summed E-state index contributed by atoms with van der Waals surface area (Å²) in [6, 6.07) is 19.2. The lowest BCUT2D eigenvalue weighted by atomic mass is 9.12. The second-order valence-electron chi connectivity index (χ2n) is 12.4. The first-order valence-electron chi connectivity index (χ1n) is 16.1. The van der Waals surface area contributed by atoms with E-state index in [1.807, 2.05) is 12.1 Å². The molecule has 6 rings (SSSR count). The zero-order valence-electron chi connectivity index (χ0n) is 28.6. The van der Waals surface area contributed by atoms with Gasteiger partial charge < -0.3 is 5.11 Å². The van der Waals surface area contributed by atoms with Crippen molar-refractivity contribution in [1.29, 1.82) is 0 Å². The van der Waals surface area contributed by atoms with Crippen LogP contribution >= 0.6 is 0 Å². The molecule has 57 heavy (non-hydrogen) atoms. The van der Waals surface area contributed by atoms with Gasteiger partial charge in [0.2, 0.25) is 0 Å². The molecule has 6 aromatic carbocycles. The maximum absolute atomic E-state index is 15.3. The Balaban J connectivity index is 0.000000303. The number of phenols is 1. The van der Waals surface area contributed by atoms with Crippen LogP contribution in [0.4, 0.5) is 65.9 Å². The Morgan fingerprint density at radius 2 is 0.737 bits per heavy atom. The van der Waals surface area contributed by atoms with Gasteiger partial charge in [-0.25, -0.2) is 65.9 Å². The quantitative estimate of drug-likeness (QED) is 0.0409. The van der Waals surface area contributed by atoms with Gasteiger partial charge in [0.25, 0.3) is 0 Å². The van der Waals surface area contributed by atoms with E-state index in [2.05, 4.69) is 31.2 Å². The Kier molecular flexibility index (Phi) is 12.7. The molecule has 1 nitrogen and oxygen atoms in total. The largest absolute Gasteiger partial charge is 0.508 e. The van der Waals surface area contributed by atoms with Crippen molar-refractivity contribution in [3.63, 3.8) is 0 Å². The highest BCUT2D eigenvalue weighted by molar-refractivity contribution is 7.76. The molecule has 0 saturated carbocycles. The molecule has 0 aromatic heterocycles. The van der Waals surface area contributed by atoms with Crippen molar-refractivity contribution >= 4 is 39.8 Å². The van der Waals surface area contributed by atoms with Crippen molar-refractivity contribution in [2.45, 2.75) is 18.4 Å². The summed E-state index contributed by atoms with van der Waals surface area (Å²) in [5.41, 5.74) is -5.34. The molecule has 0 radical (unpaired) electrons. The Bertz CT molecular complexity index is 2230. The molecular weight excluding hydrogens is 812 g/mol. The average Bonchev–Trinajstić information content (AvgIpc) is 3.21. The minimum absolute atomic E-state index is 0.337. The number of hydrogen-bond donors (Lipinski definition) is 1. The molecule has 0 unspecified atom stereocenters. The van der Waals surface area contributed by atoms with Crippen LogP contribution in [-0.2, 0) is 23.3 Å². The number of phenolic OH excluding ortho intramolecular Hbond substituents is 1. The van der Waals surface area contributed by atoms with Crippen LogP contribution in [0.5, 0.6) is 5.75 Å². The molecule has 0 aliphatic rings. The van der Waals surface area contributed by atoms with Crippen LogP contribution in [0.3, 0.4) is 0 Å². The van der Waals surface area contributed by atoms with Crippen LogP contribution in [-0.4, -0.2) is 11.3 Å². The van der Waals surface area contributed by atoms with E-state index in [1.165, 1.54) is 28.5 Å². The Morgan fingerprint density at radius 1 is 0.404 bits per heavy atom. The summed E-state index contributed by atoms with van der Waals surface area (Å²) >= 11 is 1.40. The zero-order valence-corrected chi connectivity index (χ0v) is 29.5. The maximum Gasteiger partial charge on any atom is 0.200 e. The van der Waals surface area contributed by atoms with Crippen LogP contribution in [0.1, 0.15) is 16.7 Å². The zero-order chi connectivity index (χ0) is 42.1. The van der Waals surface area contributed by atoms with E-state index < -0.39 is 115 Å². The fourth-order valence-electron chi connectivity index (χ4n) is 6.38. The summed E-state index contributed by atoms with van der Waals surface area (Å²) in [7, 11) is 0. The fraction of sp³-hybridized carbons (Fsp3) is 0.0769. The van der Waals surface area contributed by atoms with E-state index >= 15 is 26.3 Å². The lowest BCUT2D eigenvalue weighted by Crippen LogP contribution is -2.79. The van der Waals surface area contributed by atoms with Crippen LogP contribution in [0.2, 0.25) is 0 Å². The van der Waals surface area contributed by atoms with Crippen molar-refractivity contribution < 1.29 is 71.0 Å². The van der Waals surface area contributed by atoms with E-state index in [0.29, 0.717) is 17.9 Å². The Hall–Kier alpha value is -5.52. The molecule has 6 aromatic rings. The number of aryl methyl sites for hydroxylation is 1. The van der Waals surface area contributed by atoms with E-state index in [9.17, 15) is 44.6 Å². The third-order valence-electron chi connectivity index (χ3n) is 9.10. The van der Waals surface area contributed by atoms with Gasteiger partial charge in [0, 0.05) is 11.1 Å². The van der Waals surface area contributed by atoms with Crippen LogP contribution in [0.15, 0.2) is 78.9 Å². The van der Waals surface area contributed by atoms with Gasteiger partial charge in [-0.05, 0) is 36.4 Å². The molecule has 0 atom stereocenters. The first-order chi connectivity index (χ1) is 26.9. The Morgan fingerprint density at radius 3 is 1.11 bits per heavy atom. The minimum atomic E-state index is -5.72. The molecule has 0 aliphatic heterocycles. The standard InChI is InChI=1S/C24H5BF15.C15H16OS/c26-10-7(11(27)17(33)22(38)16(10)32)25(6-4-2-1-3-5-6,8-12(28)18(34)23(39)19(35)13(8)29)9-14(30)20(36)24(40)21(37)15(9)31;1-12-4-2-3-5-14(12)11-17-10-13-6-8-15(16)9-7-13/h1-5H;2-9,16H,10-11H2,1H3/q-1;/p+1. The van der Waals surface area contributed by atoms with Crippen LogP contribution in [0, 0.1) is 94.2 Å².